The zero-order chi connectivity index (χ0) is 7.84. The summed E-state index contributed by atoms with van der Waals surface area (Å²) in [5.41, 5.74) is 0. The molecule has 0 aromatic rings. The van der Waals surface area contributed by atoms with Crippen molar-refractivity contribution < 1.29 is 4.79 Å². The van der Waals surface area contributed by atoms with Crippen LogP contribution in [0.25, 0.3) is 0 Å². The lowest BCUT2D eigenvalue weighted by atomic mass is 9.72. The Labute approximate surface area is 75.7 Å². The molecule has 2 saturated carbocycles. The molecule has 0 aromatic heterocycles. The summed E-state index contributed by atoms with van der Waals surface area (Å²) in [4.78, 5) is 11.6. The van der Waals surface area contributed by atoms with Gasteiger partial charge in [0, 0.05) is 6.42 Å². The van der Waals surface area contributed by atoms with E-state index >= 15 is 0 Å². The first-order valence-corrected chi connectivity index (χ1v) is 5.35. The number of halogens is 1. The van der Waals surface area contributed by atoms with Gasteiger partial charge in [0.2, 0.25) is 0 Å². The molecule has 2 heteroatoms. The Bertz CT molecular complexity index is 178. The van der Waals surface area contributed by atoms with Crippen LogP contribution in [0.3, 0.4) is 0 Å². The molecule has 1 nitrogen and oxygen atoms in total. The third-order valence-corrected chi connectivity index (χ3v) is 4.29. The van der Waals surface area contributed by atoms with Gasteiger partial charge in [-0.05, 0) is 24.7 Å². The van der Waals surface area contributed by atoms with Gasteiger partial charge in [0.25, 0.3) is 0 Å². The van der Waals surface area contributed by atoms with Gasteiger partial charge in [-0.1, -0.05) is 28.8 Å². The second kappa shape index (κ2) is 2.89. The summed E-state index contributed by atoms with van der Waals surface area (Å²) < 4.78 is 0. The van der Waals surface area contributed by atoms with Gasteiger partial charge in [-0.15, -0.1) is 0 Å². The topological polar surface area (TPSA) is 17.1 Å². The second-order valence-corrected chi connectivity index (χ2v) is 4.85. The Kier molecular flexibility index (Phi) is 2.04. The number of alkyl halides is 1. The number of ketones is 1. The fraction of sp³-hybridized carbons (Fsp3) is 0.889. The van der Waals surface area contributed by atoms with Crippen molar-refractivity contribution in [2.75, 3.05) is 0 Å². The summed E-state index contributed by atoms with van der Waals surface area (Å²) in [5, 5.41) is 0. The normalized spacial score (nSPS) is 44.1. The zero-order valence-electron chi connectivity index (χ0n) is 6.55. The number of hydrogen-bond acceptors (Lipinski definition) is 1. The van der Waals surface area contributed by atoms with Gasteiger partial charge in [-0.3, -0.25) is 4.79 Å². The predicted octanol–water partition coefficient (Wildman–Crippen LogP) is 2.53. The molecule has 2 rings (SSSR count). The minimum atomic E-state index is 0.194. The van der Waals surface area contributed by atoms with E-state index < -0.39 is 0 Å². The van der Waals surface area contributed by atoms with Crippen LogP contribution in [0, 0.1) is 11.8 Å². The van der Waals surface area contributed by atoms with E-state index in [1.165, 1.54) is 25.7 Å². The molecule has 2 aliphatic rings. The monoisotopic (exact) mass is 216 g/mol. The largest absolute Gasteiger partial charge is 0.298 e. The minimum absolute atomic E-state index is 0.194. The summed E-state index contributed by atoms with van der Waals surface area (Å²) in [6.45, 7) is 0. The van der Waals surface area contributed by atoms with Crippen LogP contribution in [-0.4, -0.2) is 10.6 Å². The Morgan fingerprint density at radius 2 is 2.18 bits per heavy atom. The lowest BCUT2D eigenvalue weighted by Gasteiger charge is -2.36. The third kappa shape index (κ3) is 1.37. The summed E-state index contributed by atoms with van der Waals surface area (Å²) in [5.74, 6) is 1.84. The second-order valence-electron chi connectivity index (χ2n) is 3.86. The highest BCUT2D eigenvalue weighted by atomic mass is 79.9. The Morgan fingerprint density at radius 3 is 3.00 bits per heavy atom. The number of Topliss-reactive ketones (excluding diaryl/α,β-unsaturated/α-hetero) is 1. The summed E-state index contributed by atoms with van der Waals surface area (Å²) >= 11 is 3.49. The lowest BCUT2D eigenvalue weighted by molar-refractivity contribution is -0.123. The lowest BCUT2D eigenvalue weighted by Crippen LogP contribution is -2.36. The van der Waals surface area contributed by atoms with Crippen LogP contribution < -0.4 is 0 Å². The molecule has 0 aliphatic heterocycles. The first-order chi connectivity index (χ1) is 5.27. The van der Waals surface area contributed by atoms with Crippen LogP contribution in [0.1, 0.15) is 32.1 Å². The molecule has 3 atom stereocenters. The molecule has 0 spiro atoms. The third-order valence-electron chi connectivity index (χ3n) is 3.03. The molecule has 0 amide bonds. The molecule has 0 heterocycles. The number of rotatable bonds is 0. The first-order valence-electron chi connectivity index (χ1n) is 4.44. The van der Waals surface area contributed by atoms with Gasteiger partial charge in [0.05, 0.1) is 4.83 Å². The molecule has 0 aromatic carbocycles. The standard InChI is InChI=1S/C9H13BrO/c10-9-7-3-1-2-6(4-7)5-8(9)11/h6-7,9H,1-5H2/t6-,7+,9+/m1/s1. The number of carbonyl (C=O) groups is 1. The highest BCUT2D eigenvalue weighted by Gasteiger charge is 2.36. The quantitative estimate of drug-likeness (QED) is 0.570. The first kappa shape index (κ1) is 7.78. The van der Waals surface area contributed by atoms with E-state index in [0.29, 0.717) is 11.7 Å². The van der Waals surface area contributed by atoms with Crippen molar-refractivity contribution in [3.63, 3.8) is 0 Å². The molecular formula is C9H13BrO. The molecule has 11 heavy (non-hydrogen) atoms. The molecule has 0 saturated heterocycles. The van der Waals surface area contributed by atoms with Crippen molar-refractivity contribution >= 4 is 21.7 Å². The minimum Gasteiger partial charge on any atom is -0.298 e. The average Bonchev–Trinajstić information content (AvgIpc) is 2.01. The van der Waals surface area contributed by atoms with E-state index in [1.807, 2.05) is 0 Å². The van der Waals surface area contributed by atoms with Crippen LogP contribution in [0.4, 0.5) is 0 Å². The van der Waals surface area contributed by atoms with E-state index in [9.17, 15) is 4.79 Å². The molecule has 62 valence electrons. The van der Waals surface area contributed by atoms with E-state index in [0.717, 1.165) is 12.3 Å². The van der Waals surface area contributed by atoms with Crippen molar-refractivity contribution in [2.45, 2.75) is 36.9 Å². The van der Waals surface area contributed by atoms with Crippen molar-refractivity contribution in [3.05, 3.63) is 0 Å². The van der Waals surface area contributed by atoms with Gasteiger partial charge < -0.3 is 0 Å². The van der Waals surface area contributed by atoms with Crippen LogP contribution in [-0.2, 0) is 4.79 Å². The van der Waals surface area contributed by atoms with Crippen LogP contribution in [0.5, 0.6) is 0 Å². The van der Waals surface area contributed by atoms with Gasteiger partial charge in [0.1, 0.15) is 5.78 Å². The van der Waals surface area contributed by atoms with E-state index in [-0.39, 0.29) is 4.83 Å². The van der Waals surface area contributed by atoms with Crippen molar-refractivity contribution in [2.24, 2.45) is 11.8 Å². The van der Waals surface area contributed by atoms with Crippen LogP contribution in [0.2, 0.25) is 0 Å². The van der Waals surface area contributed by atoms with Gasteiger partial charge in [-0.2, -0.15) is 0 Å². The van der Waals surface area contributed by atoms with Crippen molar-refractivity contribution in [1.29, 1.82) is 0 Å². The molecular weight excluding hydrogens is 204 g/mol. The fourth-order valence-corrected chi connectivity index (χ4v) is 3.11. The zero-order valence-corrected chi connectivity index (χ0v) is 8.14. The predicted molar refractivity (Wildman–Crippen MR) is 47.8 cm³/mol. The van der Waals surface area contributed by atoms with Crippen molar-refractivity contribution in [3.8, 4) is 0 Å². The van der Waals surface area contributed by atoms with Crippen molar-refractivity contribution in [1.82, 2.24) is 0 Å². The summed E-state index contributed by atoms with van der Waals surface area (Å²) in [7, 11) is 0. The molecule has 2 fully saturated rings. The molecule has 2 bridgehead atoms. The van der Waals surface area contributed by atoms with Crippen LogP contribution >= 0.6 is 15.9 Å². The van der Waals surface area contributed by atoms with Crippen LogP contribution in [0.15, 0.2) is 0 Å². The maximum atomic E-state index is 11.4. The van der Waals surface area contributed by atoms with Gasteiger partial charge >= 0.3 is 0 Å². The molecule has 0 N–H and O–H groups in total. The average molecular weight is 217 g/mol. The highest BCUT2D eigenvalue weighted by molar-refractivity contribution is 9.10. The van der Waals surface area contributed by atoms with E-state index in [1.54, 1.807) is 0 Å². The highest BCUT2D eigenvalue weighted by Crippen LogP contribution is 2.40. The molecule has 0 radical (unpaired) electrons. The summed E-state index contributed by atoms with van der Waals surface area (Å²) in [6.07, 6.45) is 6.03. The number of hydrogen-bond donors (Lipinski definition) is 0. The Balaban J connectivity index is 2.11. The van der Waals surface area contributed by atoms with Gasteiger partial charge in [0.15, 0.2) is 0 Å². The smallest absolute Gasteiger partial charge is 0.147 e. The summed E-state index contributed by atoms with van der Waals surface area (Å²) in [6, 6.07) is 0. The van der Waals surface area contributed by atoms with E-state index in [2.05, 4.69) is 15.9 Å². The molecule has 0 unspecified atom stereocenters. The molecule has 2 aliphatic carbocycles. The number of carbonyl (C=O) groups excluding carboxylic acids is 1. The fourth-order valence-electron chi connectivity index (χ4n) is 2.44. The van der Waals surface area contributed by atoms with E-state index in [4.69, 9.17) is 0 Å². The maximum absolute atomic E-state index is 11.4. The maximum Gasteiger partial charge on any atom is 0.147 e. The van der Waals surface area contributed by atoms with Gasteiger partial charge in [-0.25, -0.2) is 0 Å². The Morgan fingerprint density at radius 1 is 1.36 bits per heavy atom. The SMILES string of the molecule is O=C1C[C@@H]2CCC[C@@H](C2)[C@@H]1Br. The Hall–Kier alpha value is 0.150. The number of fused-ring (bicyclic) bond motifs is 2.